The Kier molecular flexibility index (Phi) is 6.04. The molecule has 0 unspecified atom stereocenters. The molecule has 0 saturated heterocycles. The molecular formula is C16H24N4O3S. The molecule has 0 spiro atoms. The number of nitrogens with one attached hydrogen (secondary N) is 1. The molecular weight excluding hydrogens is 328 g/mol. The van der Waals surface area contributed by atoms with E-state index < -0.39 is 11.2 Å². The fraction of sp³-hybridized carbons (Fsp3) is 0.625. The Balaban J connectivity index is 2.51. The number of nitrogens with zero attached hydrogens (tertiary/aromatic N) is 3. The third-order valence-electron chi connectivity index (χ3n) is 4.06. The Bertz CT molecular complexity index is 849. The number of aromatic nitrogens is 4. The molecule has 1 atom stereocenters. The number of thioether (sulfide) groups is 1. The van der Waals surface area contributed by atoms with Crippen LogP contribution in [-0.4, -0.2) is 30.1 Å². The summed E-state index contributed by atoms with van der Waals surface area (Å²) >= 11 is 1.33. The van der Waals surface area contributed by atoms with Gasteiger partial charge in [0.2, 0.25) is 0 Å². The van der Waals surface area contributed by atoms with Crippen LogP contribution in [0.4, 0.5) is 0 Å². The third-order valence-corrected chi connectivity index (χ3v) is 5.27. The first-order chi connectivity index (χ1) is 11.4. The van der Waals surface area contributed by atoms with E-state index in [9.17, 15) is 14.4 Å². The number of ketones is 1. The summed E-state index contributed by atoms with van der Waals surface area (Å²) in [5.74, 6) is 0.0485. The molecule has 0 fully saturated rings. The largest absolute Gasteiger partial charge is 0.329 e. The standard InChI is InChI=1S/C16H24N4O3S/c1-5-6-7-8-9-20-12-13(19(4)15(23)18-14(12)22)17-16(20)24-11(3)10(2)21/h11H,5-9H2,1-4H3,(H,18,22,23)/t11-/m0/s1. The van der Waals surface area contributed by atoms with Gasteiger partial charge in [0.05, 0.1) is 5.25 Å². The van der Waals surface area contributed by atoms with Gasteiger partial charge in [-0.3, -0.25) is 19.1 Å². The molecule has 7 nitrogen and oxygen atoms in total. The molecule has 0 bridgehead atoms. The maximum absolute atomic E-state index is 12.3. The highest BCUT2D eigenvalue weighted by atomic mass is 32.2. The van der Waals surface area contributed by atoms with Crippen molar-refractivity contribution < 1.29 is 4.79 Å². The summed E-state index contributed by atoms with van der Waals surface area (Å²) in [5, 5.41) is 0.350. The summed E-state index contributed by atoms with van der Waals surface area (Å²) in [7, 11) is 1.58. The summed E-state index contributed by atoms with van der Waals surface area (Å²) < 4.78 is 3.18. The first-order valence-electron chi connectivity index (χ1n) is 8.23. The molecule has 0 saturated carbocycles. The fourth-order valence-electron chi connectivity index (χ4n) is 2.45. The number of unbranched alkanes of at least 4 members (excludes halogenated alkanes) is 3. The van der Waals surface area contributed by atoms with Crippen molar-refractivity contribution in [2.45, 2.75) is 63.4 Å². The van der Waals surface area contributed by atoms with E-state index in [1.807, 2.05) is 11.5 Å². The smallest absolute Gasteiger partial charge is 0.313 e. The van der Waals surface area contributed by atoms with E-state index in [2.05, 4.69) is 16.9 Å². The summed E-state index contributed by atoms with van der Waals surface area (Å²) in [6, 6.07) is 0. The van der Waals surface area contributed by atoms with Gasteiger partial charge in [-0.25, -0.2) is 9.78 Å². The number of hydrogen-bond acceptors (Lipinski definition) is 5. The minimum atomic E-state index is -0.487. The number of carbonyl (C=O) groups excluding carboxylic acids is 1. The van der Waals surface area contributed by atoms with E-state index in [-0.39, 0.29) is 11.0 Å². The van der Waals surface area contributed by atoms with Crippen molar-refractivity contribution in [1.82, 2.24) is 19.1 Å². The van der Waals surface area contributed by atoms with E-state index in [0.717, 1.165) is 25.7 Å². The highest BCUT2D eigenvalue weighted by molar-refractivity contribution is 8.00. The first kappa shape index (κ1) is 18.5. The van der Waals surface area contributed by atoms with Crippen molar-refractivity contribution in [2.24, 2.45) is 7.05 Å². The number of H-pyrrole nitrogens is 1. The van der Waals surface area contributed by atoms with Crippen LogP contribution in [0.5, 0.6) is 0 Å². The molecule has 2 aromatic heterocycles. The molecule has 2 aromatic rings. The van der Waals surface area contributed by atoms with E-state index in [4.69, 9.17) is 0 Å². The second-order valence-electron chi connectivity index (χ2n) is 5.97. The normalized spacial score (nSPS) is 12.7. The molecule has 24 heavy (non-hydrogen) atoms. The van der Waals surface area contributed by atoms with Crippen LogP contribution in [0.2, 0.25) is 0 Å². The minimum Gasteiger partial charge on any atom is -0.313 e. The van der Waals surface area contributed by atoms with E-state index in [1.54, 1.807) is 7.05 Å². The molecule has 0 amide bonds. The molecule has 2 rings (SSSR count). The van der Waals surface area contributed by atoms with E-state index >= 15 is 0 Å². The van der Waals surface area contributed by atoms with Crippen LogP contribution in [0, 0.1) is 0 Å². The zero-order chi connectivity index (χ0) is 17.9. The Morgan fingerprint density at radius 1 is 1.29 bits per heavy atom. The van der Waals surface area contributed by atoms with Gasteiger partial charge in [0.15, 0.2) is 16.3 Å². The highest BCUT2D eigenvalue weighted by Crippen LogP contribution is 2.26. The van der Waals surface area contributed by atoms with E-state index in [1.165, 1.54) is 23.3 Å². The van der Waals surface area contributed by atoms with Crippen LogP contribution in [0.1, 0.15) is 46.5 Å². The van der Waals surface area contributed by atoms with Crippen molar-refractivity contribution in [3.05, 3.63) is 20.8 Å². The monoisotopic (exact) mass is 352 g/mol. The Hall–Kier alpha value is -1.83. The van der Waals surface area contributed by atoms with Crippen molar-refractivity contribution in [1.29, 1.82) is 0 Å². The predicted octanol–water partition coefficient (Wildman–Crippen LogP) is 2.07. The lowest BCUT2D eigenvalue weighted by Gasteiger charge is -2.10. The molecule has 0 aliphatic heterocycles. The lowest BCUT2D eigenvalue weighted by Crippen LogP contribution is -2.29. The number of rotatable bonds is 8. The number of imidazole rings is 1. The van der Waals surface area contributed by atoms with Gasteiger partial charge < -0.3 is 4.57 Å². The average Bonchev–Trinajstić information content (AvgIpc) is 2.88. The number of aromatic amines is 1. The summed E-state index contributed by atoms with van der Waals surface area (Å²) in [5.41, 5.74) is -0.165. The van der Waals surface area contributed by atoms with Crippen molar-refractivity contribution in [2.75, 3.05) is 0 Å². The fourth-order valence-corrected chi connectivity index (χ4v) is 3.38. The number of hydrogen-bond donors (Lipinski definition) is 1. The van der Waals surface area contributed by atoms with Crippen LogP contribution in [0.3, 0.4) is 0 Å². The number of carbonyl (C=O) groups is 1. The summed E-state index contributed by atoms with van der Waals surface area (Å²) in [6.07, 6.45) is 4.24. The van der Waals surface area contributed by atoms with Gasteiger partial charge in [-0.2, -0.15) is 0 Å². The number of Topliss-reactive ketones (excluding diaryl/α,β-unsaturated/α-hetero) is 1. The lowest BCUT2D eigenvalue weighted by atomic mass is 10.2. The predicted molar refractivity (Wildman–Crippen MR) is 95.7 cm³/mol. The van der Waals surface area contributed by atoms with Crippen molar-refractivity contribution >= 4 is 28.7 Å². The van der Waals surface area contributed by atoms with E-state index in [0.29, 0.717) is 22.9 Å². The quantitative estimate of drug-likeness (QED) is 0.580. The SMILES string of the molecule is CCCCCCn1c(S[C@@H](C)C(C)=O)nc2c1c(=O)[nH]c(=O)n2C. The van der Waals surface area contributed by atoms with Gasteiger partial charge in [-0.15, -0.1) is 0 Å². The molecule has 2 heterocycles. The Morgan fingerprint density at radius 3 is 2.62 bits per heavy atom. The van der Waals surface area contributed by atoms with Gasteiger partial charge in [-0.1, -0.05) is 37.9 Å². The van der Waals surface area contributed by atoms with Crippen LogP contribution in [0.15, 0.2) is 14.7 Å². The zero-order valence-electron chi connectivity index (χ0n) is 14.6. The van der Waals surface area contributed by atoms with Gasteiger partial charge in [0.1, 0.15) is 5.78 Å². The second-order valence-corrected chi connectivity index (χ2v) is 7.28. The summed E-state index contributed by atoms with van der Waals surface area (Å²) in [6.45, 7) is 6.14. The first-order valence-corrected chi connectivity index (χ1v) is 9.11. The van der Waals surface area contributed by atoms with Crippen molar-refractivity contribution in [3.8, 4) is 0 Å². The van der Waals surface area contributed by atoms with Crippen LogP contribution >= 0.6 is 11.8 Å². The Labute approximate surface area is 144 Å². The summed E-state index contributed by atoms with van der Waals surface area (Å²) in [4.78, 5) is 42.5. The minimum absolute atomic E-state index is 0.0485. The van der Waals surface area contributed by atoms with Crippen LogP contribution in [0.25, 0.3) is 11.2 Å². The number of fused-ring (bicyclic) bond motifs is 1. The Morgan fingerprint density at radius 2 is 2.00 bits per heavy atom. The molecule has 8 heteroatoms. The van der Waals surface area contributed by atoms with Crippen LogP contribution in [-0.2, 0) is 18.4 Å². The van der Waals surface area contributed by atoms with Crippen LogP contribution < -0.4 is 11.2 Å². The third kappa shape index (κ3) is 3.80. The number of aryl methyl sites for hydroxylation is 2. The topological polar surface area (TPSA) is 89.8 Å². The maximum atomic E-state index is 12.3. The molecule has 0 aliphatic rings. The average molecular weight is 352 g/mol. The molecule has 132 valence electrons. The molecule has 0 aliphatic carbocycles. The highest BCUT2D eigenvalue weighted by Gasteiger charge is 2.20. The van der Waals surface area contributed by atoms with Gasteiger partial charge in [0, 0.05) is 13.6 Å². The van der Waals surface area contributed by atoms with Crippen molar-refractivity contribution in [3.63, 3.8) is 0 Å². The molecule has 0 radical (unpaired) electrons. The zero-order valence-corrected chi connectivity index (χ0v) is 15.4. The maximum Gasteiger partial charge on any atom is 0.329 e. The van der Waals surface area contributed by atoms with Gasteiger partial charge >= 0.3 is 5.69 Å². The second kappa shape index (κ2) is 7.83. The molecule has 1 N–H and O–H groups in total. The lowest BCUT2D eigenvalue weighted by molar-refractivity contribution is -0.116. The van der Waals surface area contributed by atoms with Gasteiger partial charge in [-0.05, 0) is 20.3 Å². The van der Waals surface area contributed by atoms with Gasteiger partial charge in [0.25, 0.3) is 5.56 Å². The molecule has 0 aromatic carbocycles.